The molecule has 0 aromatic rings. The third-order valence-corrected chi connectivity index (χ3v) is 3.12. The second kappa shape index (κ2) is 4.79. The standard InChI is InChI=1S/C12H22N2/c1-10(11-4-5-11)8-14-7-6-12(2,3)9-13/h10-11,14H,4-8H2,1-3H3. The Labute approximate surface area is 87.7 Å². The Balaban J connectivity index is 2.01. The van der Waals surface area contributed by atoms with E-state index in [0.29, 0.717) is 0 Å². The van der Waals surface area contributed by atoms with E-state index in [1.54, 1.807) is 0 Å². The number of hydrogen-bond donors (Lipinski definition) is 1. The highest BCUT2D eigenvalue weighted by Gasteiger charge is 2.27. The first-order valence-electron chi connectivity index (χ1n) is 5.67. The Morgan fingerprint density at radius 3 is 2.64 bits per heavy atom. The van der Waals surface area contributed by atoms with E-state index in [0.717, 1.165) is 31.3 Å². The van der Waals surface area contributed by atoms with Crippen LogP contribution in [-0.4, -0.2) is 13.1 Å². The highest BCUT2D eigenvalue weighted by molar-refractivity contribution is 4.91. The van der Waals surface area contributed by atoms with E-state index in [1.165, 1.54) is 12.8 Å². The third kappa shape index (κ3) is 4.11. The SMILES string of the molecule is CC(CNCCC(C)(C)C#N)C1CC1. The first kappa shape index (κ1) is 11.5. The molecule has 1 rings (SSSR count). The van der Waals surface area contributed by atoms with E-state index in [9.17, 15) is 0 Å². The van der Waals surface area contributed by atoms with Crippen molar-refractivity contribution in [3.8, 4) is 6.07 Å². The maximum atomic E-state index is 8.82. The zero-order chi connectivity index (χ0) is 10.6. The summed E-state index contributed by atoms with van der Waals surface area (Å²) < 4.78 is 0. The van der Waals surface area contributed by atoms with Crippen LogP contribution in [0.1, 0.15) is 40.0 Å². The van der Waals surface area contributed by atoms with Crippen molar-refractivity contribution in [2.45, 2.75) is 40.0 Å². The molecule has 2 heteroatoms. The minimum Gasteiger partial charge on any atom is -0.316 e. The van der Waals surface area contributed by atoms with Crippen LogP contribution >= 0.6 is 0 Å². The fraction of sp³-hybridized carbons (Fsp3) is 0.917. The predicted molar refractivity (Wildman–Crippen MR) is 58.8 cm³/mol. The molecular weight excluding hydrogens is 172 g/mol. The smallest absolute Gasteiger partial charge is 0.0684 e. The minimum atomic E-state index is -0.171. The van der Waals surface area contributed by atoms with Gasteiger partial charge >= 0.3 is 0 Å². The zero-order valence-electron chi connectivity index (χ0n) is 9.64. The van der Waals surface area contributed by atoms with E-state index in [-0.39, 0.29) is 5.41 Å². The van der Waals surface area contributed by atoms with Crippen molar-refractivity contribution in [2.75, 3.05) is 13.1 Å². The topological polar surface area (TPSA) is 35.8 Å². The minimum absolute atomic E-state index is 0.171. The van der Waals surface area contributed by atoms with Crippen LogP contribution in [-0.2, 0) is 0 Å². The molecule has 1 atom stereocenters. The van der Waals surface area contributed by atoms with Gasteiger partial charge in [0, 0.05) is 0 Å². The molecule has 0 radical (unpaired) electrons. The lowest BCUT2D eigenvalue weighted by atomic mass is 9.91. The van der Waals surface area contributed by atoms with Gasteiger partial charge in [0.15, 0.2) is 0 Å². The molecule has 1 fully saturated rings. The maximum absolute atomic E-state index is 8.82. The van der Waals surface area contributed by atoms with Gasteiger partial charge in [0.2, 0.25) is 0 Å². The molecule has 1 N–H and O–H groups in total. The average Bonchev–Trinajstić information content (AvgIpc) is 2.95. The largest absolute Gasteiger partial charge is 0.316 e. The van der Waals surface area contributed by atoms with E-state index >= 15 is 0 Å². The van der Waals surface area contributed by atoms with Crippen LogP contribution in [0.15, 0.2) is 0 Å². The summed E-state index contributed by atoms with van der Waals surface area (Å²) in [6.07, 6.45) is 3.79. The van der Waals surface area contributed by atoms with Gasteiger partial charge in [-0.15, -0.1) is 0 Å². The van der Waals surface area contributed by atoms with Gasteiger partial charge in [-0.2, -0.15) is 5.26 Å². The van der Waals surface area contributed by atoms with Gasteiger partial charge in [-0.05, 0) is 58.0 Å². The second-order valence-corrected chi connectivity index (χ2v) is 5.26. The molecule has 14 heavy (non-hydrogen) atoms. The van der Waals surface area contributed by atoms with Gasteiger partial charge in [-0.3, -0.25) is 0 Å². The van der Waals surface area contributed by atoms with Crippen LogP contribution in [0.4, 0.5) is 0 Å². The molecule has 0 aromatic heterocycles. The van der Waals surface area contributed by atoms with Gasteiger partial charge in [0.1, 0.15) is 0 Å². The second-order valence-electron chi connectivity index (χ2n) is 5.26. The van der Waals surface area contributed by atoms with Gasteiger partial charge in [-0.1, -0.05) is 6.92 Å². The Morgan fingerprint density at radius 2 is 2.14 bits per heavy atom. The maximum Gasteiger partial charge on any atom is 0.0684 e. The van der Waals surface area contributed by atoms with Crippen molar-refractivity contribution in [1.82, 2.24) is 5.32 Å². The van der Waals surface area contributed by atoms with E-state index in [1.807, 2.05) is 13.8 Å². The first-order valence-corrected chi connectivity index (χ1v) is 5.67. The molecule has 0 spiro atoms. The third-order valence-electron chi connectivity index (χ3n) is 3.12. The molecule has 1 aliphatic rings. The van der Waals surface area contributed by atoms with Crippen LogP contribution in [0, 0.1) is 28.6 Å². The van der Waals surface area contributed by atoms with Crippen molar-refractivity contribution in [3.63, 3.8) is 0 Å². The van der Waals surface area contributed by atoms with Crippen molar-refractivity contribution in [3.05, 3.63) is 0 Å². The Hall–Kier alpha value is -0.550. The van der Waals surface area contributed by atoms with Crippen molar-refractivity contribution in [2.24, 2.45) is 17.3 Å². The molecule has 0 heterocycles. The normalized spacial score (nSPS) is 19.0. The summed E-state index contributed by atoms with van der Waals surface area (Å²) in [4.78, 5) is 0. The highest BCUT2D eigenvalue weighted by Crippen LogP contribution is 2.36. The summed E-state index contributed by atoms with van der Waals surface area (Å²) in [5.74, 6) is 1.80. The summed E-state index contributed by atoms with van der Waals surface area (Å²) in [7, 11) is 0. The Morgan fingerprint density at radius 1 is 1.50 bits per heavy atom. The van der Waals surface area contributed by atoms with Crippen LogP contribution in [0.5, 0.6) is 0 Å². The summed E-state index contributed by atoms with van der Waals surface area (Å²) in [6, 6.07) is 2.32. The molecule has 0 amide bonds. The van der Waals surface area contributed by atoms with Gasteiger partial charge < -0.3 is 5.32 Å². The van der Waals surface area contributed by atoms with Crippen molar-refractivity contribution >= 4 is 0 Å². The number of nitriles is 1. The van der Waals surface area contributed by atoms with Crippen LogP contribution < -0.4 is 5.32 Å². The first-order chi connectivity index (χ1) is 6.55. The Kier molecular flexibility index (Phi) is 3.95. The lowest BCUT2D eigenvalue weighted by Gasteiger charge is -2.16. The lowest BCUT2D eigenvalue weighted by molar-refractivity contribution is 0.403. The number of nitrogens with one attached hydrogen (secondary N) is 1. The van der Waals surface area contributed by atoms with E-state index in [4.69, 9.17) is 5.26 Å². The fourth-order valence-corrected chi connectivity index (χ4v) is 1.62. The molecule has 1 aliphatic carbocycles. The molecule has 1 unspecified atom stereocenters. The molecule has 0 aromatic carbocycles. The number of rotatable bonds is 6. The quantitative estimate of drug-likeness (QED) is 0.660. The van der Waals surface area contributed by atoms with Crippen LogP contribution in [0.2, 0.25) is 0 Å². The van der Waals surface area contributed by atoms with Crippen LogP contribution in [0.25, 0.3) is 0 Å². The average molecular weight is 194 g/mol. The molecule has 1 saturated carbocycles. The van der Waals surface area contributed by atoms with Gasteiger partial charge in [-0.25, -0.2) is 0 Å². The van der Waals surface area contributed by atoms with E-state index in [2.05, 4.69) is 18.3 Å². The van der Waals surface area contributed by atoms with Crippen molar-refractivity contribution < 1.29 is 0 Å². The summed E-state index contributed by atoms with van der Waals surface area (Å²) >= 11 is 0. The lowest BCUT2D eigenvalue weighted by Crippen LogP contribution is -2.26. The summed E-state index contributed by atoms with van der Waals surface area (Å²) in [5, 5.41) is 12.3. The summed E-state index contributed by atoms with van der Waals surface area (Å²) in [5.41, 5.74) is -0.171. The summed E-state index contributed by atoms with van der Waals surface area (Å²) in [6.45, 7) is 8.40. The Bertz CT molecular complexity index is 211. The monoisotopic (exact) mass is 194 g/mol. The molecule has 0 aliphatic heterocycles. The zero-order valence-corrected chi connectivity index (χ0v) is 9.64. The van der Waals surface area contributed by atoms with Gasteiger partial charge in [0.05, 0.1) is 11.5 Å². The number of hydrogen-bond acceptors (Lipinski definition) is 2. The number of nitrogens with zero attached hydrogens (tertiary/aromatic N) is 1. The molecule has 2 nitrogen and oxygen atoms in total. The molecular formula is C12H22N2. The molecule has 0 bridgehead atoms. The van der Waals surface area contributed by atoms with Gasteiger partial charge in [0.25, 0.3) is 0 Å². The fourth-order valence-electron chi connectivity index (χ4n) is 1.62. The molecule has 0 saturated heterocycles. The van der Waals surface area contributed by atoms with Crippen LogP contribution in [0.3, 0.4) is 0 Å². The van der Waals surface area contributed by atoms with Crippen molar-refractivity contribution in [1.29, 1.82) is 5.26 Å². The predicted octanol–water partition coefficient (Wildman–Crippen LogP) is 2.56. The highest BCUT2D eigenvalue weighted by atomic mass is 14.9. The van der Waals surface area contributed by atoms with E-state index < -0.39 is 0 Å². The molecule has 80 valence electrons.